The van der Waals surface area contributed by atoms with E-state index in [9.17, 15) is 28.8 Å². The van der Waals surface area contributed by atoms with Crippen LogP contribution in [0, 0.1) is 5.41 Å². The van der Waals surface area contributed by atoms with Crippen molar-refractivity contribution in [2.45, 2.75) is 12.8 Å². The molecular formula is C29H26N2O8. The molecule has 0 atom stereocenters. The molecule has 0 saturated heterocycles. The van der Waals surface area contributed by atoms with E-state index in [1.807, 2.05) is 0 Å². The van der Waals surface area contributed by atoms with Crippen molar-refractivity contribution in [3.05, 3.63) is 95.1 Å². The van der Waals surface area contributed by atoms with Gasteiger partial charge in [-0.2, -0.15) is 0 Å². The summed E-state index contributed by atoms with van der Waals surface area (Å²) in [6.45, 7) is 7.33. The number of imide groups is 2. The average Bonchev–Trinajstić information content (AvgIpc) is 3.32. The van der Waals surface area contributed by atoms with Gasteiger partial charge >= 0.3 is 11.9 Å². The molecule has 200 valence electrons. The predicted molar refractivity (Wildman–Crippen MR) is 138 cm³/mol. The number of ether oxygens (including phenoxy) is 2. The van der Waals surface area contributed by atoms with Gasteiger partial charge in [-0.3, -0.25) is 38.6 Å². The van der Waals surface area contributed by atoms with Gasteiger partial charge in [0, 0.05) is 0 Å². The highest BCUT2D eigenvalue weighted by atomic mass is 16.5. The van der Waals surface area contributed by atoms with Crippen LogP contribution >= 0.6 is 0 Å². The zero-order valence-electron chi connectivity index (χ0n) is 21.5. The third kappa shape index (κ3) is 4.65. The highest BCUT2D eigenvalue weighted by Crippen LogP contribution is 2.37. The molecule has 0 aliphatic carbocycles. The van der Waals surface area contributed by atoms with E-state index in [-0.39, 0.29) is 59.3 Å². The van der Waals surface area contributed by atoms with Crippen LogP contribution in [0.1, 0.15) is 54.3 Å². The highest BCUT2D eigenvalue weighted by molar-refractivity contribution is 6.22. The van der Waals surface area contributed by atoms with Crippen LogP contribution in [0.3, 0.4) is 0 Å². The smallest absolute Gasteiger partial charge is 0.323 e. The Morgan fingerprint density at radius 2 is 0.923 bits per heavy atom. The van der Waals surface area contributed by atoms with Gasteiger partial charge in [0.25, 0.3) is 23.6 Å². The quantitative estimate of drug-likeness (QED) is 0.199. The summed E-state index contributed by atoms with van der Waals surface area (Å²) >= 11 is 0. The Morgan fingerprint density at radius 1 is 0.641 bits per heavy atom. The average molecular weight is 531 g/mol. The molecule has 2 heterocycles. The number of amides is 4. The van der Waals surface area contributed by atoms with E-state index < -0.39 is 41.0 Å². The topological polar surface area (TPSA) is 127 Å². The minimum atomic E-state index is -1.99. The number of methoxy groups -OCH3 is 2. The normalized spacial score (nSPS) is 14.3. The van der Waals surface area contributed by atoms with Gasteiger partial charge in [-0.15, -0.1) is 0 Å². The van der Waals surface area contributed by atoms with Crippen molar-refractivity contribution in [2.75, 3.05) is 27.3 Å². The van der Waals surface area contributed by atoms with Gasteiger partial charge in [0.15, 0.2) is 5.41 Å². The first-order chi connectivity index (χ1) is 18.5. The number of nitrogens with zero attached hydrogens (tertiary/aromatic N) is 2. The van der Waals surface area contributed by atoms with E-state index >= 15 is 0 Å². The summed E-state index contributed by atoms with van der Waals surface area (Å²) in [5.41, 5.74) is -0.598. The molecule has 10 heteroatoms. The Morgan fingerprint density at radius 3 is 1.18 bits per heavy atom. The first-order valence-electron chi connectivity index (χ1n) is 12.0. The Labute approximate surface area is 224 Å². The van der Waals surface area contributed by atoms with E-state index in [0.29, 0.717) is 0 Å². The Hall–Kier alpha value is -4.86. The van der Waals surface area contributed by atoms with Gasteiger partial charge in [0.05, 0.1) is 49.6 Å². The molecule has 0 spiro atoms. The maximum atomic E-state index is 13.1. The van der Waals surface area contributed by atoms with Crippen LogP contribution in [0.5, 0.6) is 0 Å². The third-order valence-corrected chi connectivity index (χ3v) is 6.78. The Kier molecular flexibility index (Phi) is 7.31. The summed E-state index contributed by atoms with van der Waals surface area (Å²) in [7, 11) is 2.19. The van der Waals surface area contributed by atoms with E-state index in [4.69, 9.17) is 9.47 Å². The lowest BCUT2D eigenvalue weighted by molar-refractivity contribution is -0.169. The molecule has 0 bridgehead atoms. The number of hydrogen-bond acceptors (Lipinski definition) is 8. The minimum Gasteiger partial charge on any atom is -0.468 e. The van der Waals surface area contributed by atoms with Crippen molar-refractivity contribution in [3.63, 3.8) is 0 Å². The number of esters is 2. The van der Waals surface area contributed by atoms with E-state index in [1.165, 1.54) is 24.3 Å². The van der Waals surface area contributed by atoms with Crippen LogP contribution in [-0.2, 0) is 19.1 Å². The standard InChI is InChI=1S/C29H26N2O8/c1-17(15-30-23(32)19-9-5-6-10-20(19)24(30)33)13-29(27(36)38-3,28(37)39-4)14-18(2)16-31-25(34)21-11-7-8-12-22(21)26(31)35/h5-12H,1-2,13-16H2,3-4H3. The molecule has 0 aromatic heterocycles. The lowest BCUT2D eigenvalue weighted by atomic mass is 9.76. The Balaban J connectivity index is 1.55. The molecule has 2 aliphatic heterocycles. The molecule has 4 rings (SSSR count). The van der Waals surface area contributed by atoms with Gasteiger partial charge in [0.2, 0.25) is 0 Å². The fourth-order valence-electron chi connectivity index (χ4n) is 5.00. The van der Waals surface area contributed by atoms with Crippen molar-refractivity contribution in [3.8, 4) is 0 Å². The van der Waals surface area contributed by atoms with Crippen LogP contribution in [0.25, 0.3) is 0 Å². The summed E-state index contributed by atoms with van der Waals surface area (Å²) in [5, 5.41) is 0. The molecule has 4 amide bonds. The highest BCUT2D eigenvalue weighted by Gasteiger charge is 2.50. The summed E-state index contributed by atoms with van der Waals surface area (Å²) in [6, 6.07) is 12.7. The Bertz CT molecular complexity index is 1280. The first kappa shape index (κ1) is 27.2. The molecule has 2 aliphatic rings. The summed E-state index contributed by atoms with van der Waals surface area (Å²) in [4.78, 5) is 79.4. The minimum absolute atomic E-state index is 0.203. The molecule has 0 N–H and O–H groups in total. The second kappa shape index (κ2) is 10.5. The van der Waals surface area contributed by atoms with Crippen molar-refractivity contribution < 1.29 is 38.2 Å². The molecule has 10 nitrogen and oxygen atoms in total. The van der Waals surface area contributed by atoms with E-state index in [1.54, 1.807) is 24.3 Å². The monoisotopic (exact) mass is 530 g/mol. The molecule has 0 unspecified atom stereocenters. The van der Waals surface area contributed by atoms with Gasteiger partial charge in [-0.25, -0.2) is 0 Å². The number of carbonyl (C=O) groups is 6. The molecule has 0 radical (unpaired) electrons. The van der Waals surface area contributed by atoms with Crippen molar-refractivity contribution in [2.24, 2.45) is 5.41 Å². The second-order valence-corrected chi connectivity index (χ2v) is 9.40. The van der Waals surface area contributed by atoms with Crippen LogP contribution in [0.2, 0.25) is 0 Å². The van der Waals surface area contributed by atoms with Crippen molar-refractivity contribution in [1.82, 2.24) is 9.80 Å². The van der Waals surface area contributed by atoms with Crippen LogP contribution < -0.4 is 0 Å². The number of carbonyl (C=O) groups excluding carboxylic acids is 6. The van der Waals surface area contributed by atoms with Crippen molar-refractivity contribution in [1.29, 1.82) is 0 Å². The van der Waals surface area contributed by atoms with Gasteiger partial charge in [-0.05, 0) is 37.1 Å². The van der Waals surface area contributed by atoms with Crippen LogP contribution in [0.4, 0.5) is 0 Å². The van der Waals surface area contributed by atoms with E-state index in [0.717, 1.165) is 24.0 Å². The molecule has 2 aromatic rings. The molecular weight excluding hydrogens is 504 g/mol. The second-order valence-electron chi connectivity index (χ2n) is 9.40. The number of fused-ring (bicyclic) bond motifs is 2. The SMILES string of the molecule is C=C(CN1C(=O)c2ccccc2C1=O)CC(CC(=C)CN1C(=O)c2ccccc2C1=O)(C(=O)OC)C(=O)OC. The summed E-state index contributed by atoms with van der Waals surface area (Å²) in [5.74, 6) is -3.99. The fraction of sp³-hybridized carbons (Fsp3) is 0.241. The number of hydrogen-bond donors (Lipinski definition) is 0. The summed E-state index contributed by atoms with van der Waals surface area (Å²) < 4.78 is 9.90. The number of benzene rings is 2. The van der Waals surface area contributed by atoms with Gasteiger partial charge < -0.3 is 9.47 Å². The maximum absolute atomic E-state index is 13.1. The van der Waals surface area contributed by atoms with Crippen LogP contribution in [-0.4, -0.2) is 72.7 Å². The lowest BCUT2D eigenvalue weighted by Crippen LogP contribution is -2.44. The van der Waals surface area contributed by atoms with Gasteiger partial charge in [-0.1, -0.05) is 48.6 Å². The first-order valence-corrected chi connectivity index (χ1v) is 12.0. The molecule has 0 fully saturated rings. The van der Waals surface area contributed by atoms with Gasteiger partial charge in [0.1, 0.15) is 0 Å². The maximum Gasteiger partial charge on any atom is 0.323 e. The van der Waals surface area contributed by atoms with Crippen LogP contribution in [0.15, 0.2) is 72.8 Å². The lowest BCUT2D eigenvalue weighted by Gasteiger charge is -2.31. The third-order valence-electron chi connectivity index (χ3n) is 6.78. The zero-order chi connectivity index (χ0) is 28.5. The predicted octanol–water partition coefficient (Wildman–Crippen LogP) is 2.80. The molecule has 0 saturated carbocycles. The number of rotatable bonds is 10. The zero-order valence-corrected chi connectivity index (χ0v) is 21.5. The van der Waals surface area contributed by atoms with E-state index in [2.05, 4.69) is 13.2 Å². The molecule has 39 heavy (non-hydrogen) atoms. The summed E-state index contributed by atoms with van der Waals surface area (Å²) in [6.07, 6.45) is -0.693. The molecule has 2 aromatic carbocycles. The van der Waals surface area contributed by atoms with Crippen molar-refractivity contribution >= 4 is 35.6 Å². The largest absolute Gasteiger partial charge is 0.468 e. The fourth-order valence-corrected chi connectivity index (χ4v) is 5.00.